The van der Waals surface area contributed by atoms with Crippen molar-refractivity contribution in [3.8, 4) is 11.8 Å². The summed E-state index contributed by atoms with van der Waals surface area (Å²) in [7, 11) is 1.22. The van der Waals surface area contributed by atoms with Crippen LogP contribution in [0.1, 0.15) is 23.1 Å². The molecule has 0 unspecified atom stereocenters. The standard InChI is InChI=1S/C13H11F3O2/c1-9-6-7-11(13(14,15)16)8-10(9)4-3-5-12(17)18-2/h6-8H,5H2,1-2H3. The van der Waals surface area contributed by atoms with Crippen molar-refractivity contribution in [1.82, 2.24) is 0 Å². The fourth-order valence-electron chi connectivity index (χ4n) is 1.22. The number of esters is 1. The van der Waals surface area contributed by atoms with E-state index >= 15 is 0 Å². The van der Waals surface area contributed by atoms with Crippen LogP contribution in [0.25, 0.3) is 0 Å². The Kier molecular flexibility index (Phi) is 4.38. The number of carbonyl (C=O) groups is 1. The van der Waals surface area contributed by atoms with E-state index in [-0.39, 0.29) is 12.0 Å². The van der Waals surface area contributed by atoms with Crippen LogP contribution in [0.3, 0.4) is 0 Å². The molecular weight excluding hydrogens is 245 g/mol. The van der Waals surface area contributed by atoms with Gasteiger partial charge in [0, 0.05) is 5.56 Å². The minimum atomic E-state index is -4.40. The maximum atomic E-state index is 12.5. The number of ether oxygens (including phenoxy) is 1. The molecule has 1 aromatic carbocycles. The summed E-state index contributed by atoms with van der Waals surface area (Å²) in [4.78, 5) is 10.8. The predicted octanol–water partition coefficient (Wildman–Crippen LogP) is 2.93. The van der Waals surface area contributed by atoms with Crippen LogP contribution >= 0.6 is 0 Å². The molecule has 1 aromatic rings. The Morgan fingerprint density at radius 1 is 1.39 bits per heavy atom. The first-order valence-electron chi connectivity index (χ1n) is 5.08. The van der Waals surface area contributed by atoms with E-state index in [9.17, 15) is 18.0 Å². The van der Waals surface area contributed by atoms with Gasteiger partial charge in [0.2, 0.25) is 0 Å². The van der Waals surface area contributed by atoms with E-state index in [1.54, 1.807) is 6.92 Å². The number of halogens is 3. The van der Waals surface area contributed by atoms with Gasteiger partial charge in [-0.25, -0.2) is 0 Å². The van der Waals surface area contributed by atoms with Crippen molar-refractivity contribution in [1.29, 1.82) is 0 Å². The van der Waals surface area contributed by atoms with E-state index < -0.39 is 17.7 Å². The van der Waals surface area contributed by atoms with Crippen LogP contribution in [-0.4, -0.2) is 13.1 Å². The Balaban J connectivity index is 2.98. The molecule has 0 aromatic heterocycles. The SMILES string of the molecule is COC(=O)CC#Cc1cc(C(F)(F)F)ccc1C. The number of benzene rings is 1. The van der Waals surface area contributed by atoms with Gasteiger partial charge in [-0.2, -0.15) is 13.2 Å². The number of aryl methyl sites for hydroxylation is 1. The summed E-state index contributed by atoms with van der Waals surface area (Å²) in [5, 5.41) is 0. The van der Waals surface area contributed by atoms with Crippen LogP contribution < -0.4 is 0 Å². The van der Waals surface area contributed by atoms with Crippen LogP contribution in [-0.2, 0) is 15.7 Å². The minimum Gasteiger partial charge on any atom is -0.468 e. The maximum Gasteiger partial charge on any atom is 0.416 e. The van der Waals surface area contributed by atoms with Crippen LogP contribution in [0.15, 0.2) is 18.2 Å². The highest BCUT2D eigenvalue weighted by Gasteiger charge is 2.30. The van der Waals surface area contributed by atoms with Gasteiger partial charge in [0.25, 0.3) is 0 Å². The van der Waals surface area contributed by atoms with E-state index in [1.165, 1.54) is 13.2 Å². The molecular formula is C13H11F3O2. The third kappa shape index (κ3) is 3.81. The molecule has 0 aliphatic carbocycles. The van der Waals surface area contributed by atoms with Crippen LogP contribution in [0.5, 0.6) is 0 Å². The Hall–Kier alpha value is -1.96. The lowest BCUT2D eigenvalue weighted by Gasteiger charge is -2.07. The Morgan fingerprint density at radius 2 is 2.06 bits per heavy atom. The molecule has 0 amide bonds. The lowest BCUT2D eigenvalue weighted by molar-refractivity contribution is -0.139. The van der Waals surface area contributed by atoms with Crippen molar-refractivity contribution in [3.63, 3.8) is 0 Å². The van der Waals surface area contributed by atoms with Crippen molar-refractivity contribution in [3.05, 3.63) is 34.9 Å². The molecule has 0 heterocycles. The number of rotatable bonds is 1. The van der Waals surface area contributed by atoms with Gasteiger partial charge < -0.3 is 4.74 Å². The first kappa shape index (κ1) is 14.1. The molecule has 18 heavy (non-hydrogen) atoms. The monoisotopic (exact) mass is 256 g/mol. The quantitative estimate of drug-likeness (QED) is 0.570. The number of methoxy groups -OCH3 is 1. The average molecular weight is 256 g/mol. The lowest BCUT2D eigenvalue weighted by atomic mass is 10.0. The molecule has 0 aliphatic heterocycles. The number of hydrogen-bond donors (Lipinski definition) is 0. The summed E-state index contributed by atoms with van der Waals surface area (Å²) in [6.45, 7) is 1.66. The molecule has 0 N–H and O–H groups in total. The largest absolute Gasteiger partial charge is 0.468 e. The summed E-state index contributed by atoms with van der Waals surface area (Å²) in [6, 6.07) is 3.32. The van der Waals surface area contributed by atoms with Crippen molar-refractivity contribution in [2.24, 2.45) is 0 Å². The fraction of sp³-hybridized carbons (Fsp3) is 0.308. The first-order chi connectivity index (χ1) is 8.34. The van der Waals surface area contributed by atoms with Crippen LogP contribution in [0.4, 0.5) is 13.2 Å². The molecule has 0 radical (unpaired) electrons. The zero-order chi connectivity index (χ0) is 13.8. The summed E-state index contributed by atoms with van der Waals surface area (Å²) in [5.74, 6) is 4.50. The fourth-order valence-corrected chi connectivity index (χ4v) is 1.22. The van der Waals surface area contributed by atoms with Crippen molar-refractivity contribution < 1.29 is 22.7 Å². The molecule has 0 bridgehead atoms. The van der Waals surface area contributed by atoms with Crippen molar-refractivity contribution in [2.75, 3.05) is 7.11 Å². The van der Waals surface area contributed by atoms with Crippen molar-refractivity contribution in [2.45, 2.75) is 19.5 Å². The Bertz CT molecular complexity index is 507. The topological polar surface area (TPSA) is 26.3 Å². The van der Waals surface area contributed by atoms with Gasteiger partial charge >= 0.3 is 12.1 Å². The van der Waals surface area contributed by atoms with E-state index in [2.05, 4.69) is 16.6 Å². The van der Waals surface area contributed by atoms with Gasteiger partial charge in [0.15, 0.2) is 0 Å². The summed E-state index contributed by atoms with van der Waals surface area (Å²) < 4.78 is 41.8. The summed E-state index contributed by atoms with van der Waals surface area (Å²) in [5.41, 5.74) is 0.129. The molecule has 96 valence electrons. The minimum absolute atomic E-state index is 0.147. The zero-order valence-corrected chi connectivity index (χ0v) is 9.89. The highest BCUT2D eigenvalue weighted by atomic mass is 19.4. The van der Waals surface area contributed by atoms with E-state index in [1.807, 2.05) is 0 Å². The first-order valence-corrected chi connectivity index (χ1v) is 5.08. The van der Waals surface area contributed by atoms with Gasteiger partial charge in [-0.1, -0.05) is 17.9 Å². The van der Waals surface area contributed by atoms with Crippen LogP contribution in [0.2, 0.25) is 0 Å². The summed E-state index contributed by atoms with van der Waals surface area (Å²) >= 11 is 0. The molecule has 0 saturated carbocycles. The summed E-state index contributed by atoms with van der Waals surface area (Å²) in [6.07, 6.45) is -4.54. The second-order valence-corrected chi connectivity index (χ2v) is 3.58. The van der Waals surface area contributed by atoms with E-state index in [0.717, 1.165) is 12.1 Å². The molecule has 2 nitrogen and oxygen atoms in total. The molecule has 0 atom stereocenters. The molecule has 0 saturated heterocycles. The Labute approximate surface area is 103 Å². The highest BCUT2D eigenvalue weighted by Crippen LogP contribution is 2.30. The van der Waals surface area contributed by atoms with Gasteiger partial charge in [-0.3, -0.25) is 4.79 Å². The predicted molar refractivity (Wildman–Crippen MR) is 59.7 cm³/mol. The molecule has 0 aliphatic rings. The molecule has 0 spiro atoms. The number of carbonyl (C=O) groups excluding carboxylic acids is 1. The van der Waals surface area contributed by atoms with E-state index in [0.29, 0.717) is 5.56 Å². The second kappa shape index (κ2) is 5.58. The number of alkyl halides is 3. The molecule has 1 rings (SSSR count). The zero-order valence-electron chi connectivity index (χ0n) is 9.89. The van der Waals surface area contributed by atoms with Crippen LogP contribution in [0, 0.1) is 18.8 Å². The lowest BCUT2D eigenvalue weighted by Crippen LogP contribution is -2.05. The maximum absolute atomic E-state index is 12.5. The van der Waals surface area contributed by atoms with E-state index in [4.69, 9.17) is 0 Å². The molecule has 0 fully saturated rings. The number of hydrogen-bond acceptors (Lipinski definition) is 2. The third-order valence-corrected chi connectivity index (χ3v) is 2.25. The van der Waals surface area contributed by atoms with Gasteiger partial charge in [0.1, 0.15) is 6.42 Å². The third-order valence-electron chi connectivity index (χ3n) is 2.25. The second-order valence-electron chi connectivity index (χ2n) is 3.58. The van der Waals surface area contributed by atoms with Gasteiger partial charge in [-0.15, -0.1) is 0 Å². The Morgan fingerprint density at radius 3 is 2.61 bits per heavy atom. The van der Waals surface area contributed by atoms with Gasteiger partial charge in [0.05, 0.1) is 12.7 Å². The van der Waals surface area contributed by atoms with Gasteiger partial charge in [-0.05, 0) is 24.6 Å². The van der Waals surface area contributed by atoms with Crippen molar-refractivity contribution >= 4 is 5.97 Å². The molecule has 5 heteroatoms. The highest BCUT2D eigenvalue weighted by molar-refractivity contribution is 5.72. The normalized spacial score (nSPS) is 10.5. The average Bonchev–Trinajstić information content (AvgIpc) is 2.29. The smallest absolute Gasteiger partial charge is 0.416 e.